The maximum absolute atomic E-state index is 10.6. The van der Waals surface area contributed by atoms with Crippen LogP contribution in [0.1, 0.15) is 84.0 Å². The molecule has 162 valence electrons. The number of ether oxygens (including phenoxy) is 1. The summed E-state index contributed by atoms with van der Waals surface area (Å²) >= 11 is 0. The summed E-state index contributed by atoms with van der Waals surface area (Å²) in [6.07, 6.45) is 17.2. The maximum atomic E-state index is 10.6. The molecule has 0 aromatic carbocycles. The highest BCUT2D eigenvalue weighted by Crippen LogP contribution is 2.47. The number of aliphatic hydroxyl groups excluding tert-OH is 1. The second kappa shape index (κ2) is 13.3. The Morgan fingerprint density at radius 2 is 1.93 bits per heavy atom. The molecular weight excluding hydrogens is 354 g/mol. The average molecular weight is 396 g/mol. The number of rotatable bonds is 16. The first-order valence-electron chi connectivity index (χ1n) is 11.5. The molecule has 0 amide bonds. The van der Waals surface area contributed by atoms with Crippen molar-refractivity contribution in [1.29, 1.82) is 0 Å². The number of carboxylic acid groups (broad SMARTS) is 1. The molecule has 0 aliphatic carbocycles. The lowest BCUT2D eigenvalue weighted by Gasteiger charge is -2.27. The SMILES string of the molecule is CCCCC(O)CNCCCC[C@H]1[C@@H](CC=CCCCC(=O)O)[C@H]2CC[C@@H]1O2. The fraction of sp³-hybridized carbons (Fsp3) is 0.870. The average Bonchev–Trinajstić information content (AvgIpc) is 3.27. The van der Waals surface area contributed by atoms with Crippen molar-refractivity contribution in [3.63, 3.8) is 0 Å². The Morgan fingerprint density at radius 3 is 2.68 bits per heavy atom. The molecule has 1 unspecified atom stereocenters. The third kappa shape index (κ3) is 8.22. The lowest BCUT2D eigenvalue weighted by molar-refractivity contribution is -0.137. The van der Waals surface area contributed by atoms with E-state index in [2.05, 4.69) is 24.4 Å². The number of hydrogen-bond donors (Lipinski definition) is 3. The van der Waals surface area contributed by atoms with Crippen LogP contribution in [0.3, 0.4) is 0 Å². The number of fused-ring (bicyclic) bond motifs is 2. The molecule has 0 spiro atoms. The highest BCUT2D eigenvalue weighted by Gasteiger charge is 2.47. The second-order valence-corrected chi connectivity index (χ2v) is 8.61. The second-order valence-electron chi connectivity index (χ2n) is 8.61. The topological polar surface area (TPSA) is 78.8 Å². The summed E-state index contributed by atoms with van der Waals surface area (Å²) in [5, 5.41) is 21.9. The minimum Gasteiger partial charge on any atom is -0.481 e. The molecule has 5 atom stereocenters. The molecule has 2 heterocycles. The number of aliphatic carboxylic acids is 1. The summed E-state index contributed by atoms with van der Waals surface area (Å²) < 4.78 is 6.19. The summed E-state index contributed by atoms with van der Waals surface area (Å²) in [6.45, 7) is 3.85. The van der Waals surface area contributed by atoms with Crippen LogP contribution in [0.4, 0.5) is 0 Å². The van der Waals surface area contributed by atoms with E-state index in [1.165, 1.54) is 25.7 Å². The Labute approximate surface area is 170 Å². The van der Waals surface area contributed by atoms with Gasteiger partial charge in [-0.2, -0.15) is 0 Å². The lowest BCUT2D eigenvalue weighted by atomic mass is 9.75. The van der Waals surface area contributed by atoms with Gasteiger partial charge in [-0.15, -0.1) is 0 Å². The summed E-state index contributed by atoms with van der Waals surface area (Å²) in [7, 11) is 0. The first kappa shape index (κ1) is 23.4. The van der Waals surface area contributed by atoms with E-state index in [1.807, 2.05) is 0 Å². The van der Waals surface area contributed by atoms with Crippen molar-refractivity contribution in [3.8, 4) is 0 Å². The van der Waals surface area contributed by atoms with Crippen LogP contribution in [0.2, 0.25) is 0 Å². The number of unbranched alkanes of at least 4 members (excludes halogenated alkanes) is 3. The number of aliphatic hydroxyl groups is 1. The van der Waals surface area contributed by atoms with Gasteiger partial charge < -0.3 is 20.3 Å². The molecule has 2 aliphatic rings. The van der Waals surface area contributed by atoms with Crippen molar-refractivity contribution in [2.24, 2.45) is 11.8 Å². The standard InChI is InChI=1S/C23H41NO4/c1-2-3-10-18(25)17-24-16-9-8-12-20-19(21-14-15-22(20)28-21)11-6-4-5-7-13-23(26)27/h4,6,18-22,24-25H,2-3,5,7-17H2,1H3,(H,26,27)/t18?,19-,20+,21-,22+/m1/s1. The van der Waals surface area contributed by atoms with Gasteiger partial charge in [0, 0.05) is 13.0 Å². The quantitative estimate of drug-likeness (QED) is 0.268. The highest BCUT2D eigenvalue weighted by atomic mass is 16.5. The predicted molar refractivity (Wildman–Crippen MR) is 112 cm³/mol. The molecule has 2 aliphatic heterocycles. The van der Waals surface area contributed by atoms with Crippen LogP contribution in [0.5, 0.6) is 0 Å². The molecule has 0 saturated carbocycles. The van der Waals surface area contributed by atoms with E-state index in [0.717, 1.165) is 51.5 Å². The Morgan fingerprint density at radius 1 is 1.14 bits per heavy atom. The molecular formula is C23H41NO4. The van der Waals surface area contributed by atoms with Crippen LogP contribution in [0, 0.1) is 11.8 Å². The van der Waals surface area contributed by atoms with Crippen LogP contribution in [-0.4, -0.2) is 47.6 Å². The smallest absolute Gasteiger partial charge is 0.303 e. The van der Waals surface area contributed by atoms with Gasteiger partial charge in [0.25, 0.3) is 0 Å². The van der Waals surface area contributed by atoms with Gasteiger partial charge >= 0.3 is 5.97 Å². The van der Waals surface area contributed by atoms with Gasteiger partial charge in [0.2, 0.25) is 0 Å². The zero-order valence-electron chi connectivity index (χ0n) is 17.7. The first-order valence-corrected chi connectivity index (χ1v) is 11.5. The fourth-order valence-electron chi connectivity index (χ4n) is 4.78. The Bertz CT molecular complexity index is 468. The molecule has 5 heteroatoms. The molecule has 0 aromatic heterocycles. The molecule has 3 N–H and O–H groups in total. The number of carbonyl (C=O) groups is 1. The first-order chi connectivity index (χ1) is 13.6. The van der Waals surface area contributed by atoms with Gasteiger partial charge in [-0.25, -0.2) is 0 Å². The van der Waals surface area contributed by atoms with Gasteiger partial charge in [0.1, 0.15) is 0 Å². The van der Waals surface area contributed by atoms with Crippen molar-refractivity contribution < 1.29 is 19.7 Å². The molecule has 2 saturated heterocycles. The number of nitrogens with one attached hydrogen (secondary N) is 1. The van der Waals surface area contributed by atoms with E-state index in [9.17, 15) is 9.90 Å². The van der Waals surface area contributed by atoms with Crippen molar-refractivity contribution in [2.75, 3.05) is 13.1 Å². The lowest BCUT2D eigenvalue weighted by Crippen LogP contribution is -2.28. The van der Waals surface area contributed by atoms with Gasteiger partial charge in [-0.05, 0) is 69.7 Å². The molecule has 5 nitrogen and oxygen atoms in total. The summed E-state index contributed by atoms with van der Waals surface area (Å²) in [6, 6.07) is 0. The Balaban J connectivity index is 1.59. The predicted octanol–water partition coefficient (Wildman–Crippen LogP) is 4.29. The third-order valence-corrected chi connectivity index (χ3v) is 6.34. The fourth-order valence-corrected chi connectivity index (χ4v) is 4.78. The molecule has 0 aromatic rings. The highest BCUT2D eigenvalue weighted by molar-refractivity contribution is 5.66. The van der Waals surface area contributed by atoms with E-state index >= 15 is 0 Å². The minimum atomic E-state index is -0.708. The zero-order valence-corrected chi connectivity index (χ0v) is 17.7. The van der Waals surface area contributed by atoms with E-state index < -0.39 is 5.97 Å². The molecule has 2 fully saturated rings. The Kier molecular flexibility index (Phi) is 11.1. The molecule has 2 bridgehead atoms. The number of allylic oxidation sites excluding steroid dienone is 2. The summed E-state index contributed by atoms with van der Waals surface area (Å²) in [5.74, 6) is 0.607. The molecule has 2 rings (SSSR count). The van der Waals surface area contributed by atoms with Gasteiger partial charge in [-0.1, -0.05) is 38.3 Å². The Hall–Kier alpha value is -0.910. The zero-order chi connectivity index (χ0) is 20.2. The van der Waals surface area contributed by atoms with Gasteiger partial charge in [0.15, 0.2) is 0 Å². The van der Waals surface area contributed by atoms with E-state index in [-0.39, 0.29) is 12.5 Å². The van der Waals surface area contributed by atoms with Crippen LogP contribution >= 0.6 is 0 Å². The van der Waals surface area contributed by atoms with Gasteiger partial charge in [0.05, 0.1) is 18.3 Å². The van der Waals surface area contributed by atoms with Crippen LogP contribution in [0.25, 0.3) is 0 Å². The van der Waals surface area contributed by atoms with Crippen LogP contribution < -0.4 is 5.32 Å². The number of hydrogen-bond acceptors (Lipinski definition) is 4. The summed E-state index contributed by atoms with van der Waals surface area (Å²) in [4.78, 5) is 10.6. The molecule has 28 heavy (non-hydrogen) atoms. The van der Waals surface area contributed by atoms with Gasteiger partial charge in [-0.3, -0.25) is 4.79 Å². The van der Waals surface area contributed by atoms with Crippen LogP contribution in [-0.2, 0) is 9.53 Å². The molecule has 0 radical (unpaired) electrons. The van der Waals surface area contributed by atoms with E-state index in [4.69, 9.17) is 9.84 Å². The maximum Gasteiger partial charge on any atom is 0.303 e. The van der Waals surface area contributed by atoms with Crippen molar-refractivity contribution in [3.05, 3.63) is 12.2 Å². The minimum absolute atomic E-state index is 0.203. The van der Waals surface area contributed by atoms with Crippen LogP contribution in [0.15, 0.2) is 12.2 Å². The monoisotopic (exact) mass is 395 g/mol. The van der Waals surface area contributed by atoms with Crippen molar-refractivity contribution >= 4 is 5.97 Å². The van der Waals surface area contributed by atoms with E-state index in [1.54, 1.807) is 0 Å². The normalized spacial score (nSPS) is 27.6. The van der Waals surface area contributed by atoms with Crippen molar-refractivity contribution in [1.82, 2.24) is 5.32 Å². The largest absolute Gasteiger partial charge is 0.481 e. The van der Waals surface area contributed by atoms with Crippen molar-refractivity contribution in [2.45, 2.75) is 102 Å². The summed E-state index contributed by atoms with van der Waals surface area (Å²) in [5.41, 5.74) is 0. The third-order valence-electron chi connectivity index (χ3n) is 6.34. The number of carboxylic acids is 1. The van der Waals surface area contributed by atoms with E-state index in [0.29, 0.717) is 30.6 Å².